The zero-order valence-corrected chi connectivity index (χ0v) is 8.73. The van der Waals surface area contributed by atoms with E-state index in [0.717, 1.165) is 28.1 Å². The van der Waals surface area contributed by atoms with E-state index in [4.69, 9.17) is 16.3 Å². The third-order valence-corrected chi connectivity index (χ3v) is 3.22. The van der Waals surface area contributed by atoms with Crippen molar-refractivity contribution in [2.45, 2.75) is 12.5 Å². The molecule has 0 radical (unpaired) electrons. The summed E-state index contributed by atoms with van der Waals surface area (Å²) in [5.74, 6) is 0. The minimum atomic E-state index is 0.400. The number of hydrogen-bond acceptors (Lipinski definition) is 1. The second-order valence-corrected chi connectivity index (χ2v) is 4.10. The Hall–Kier alpha value is -0.0500. The molecule has 1 unspecified atom stereocenters. The molecule has 3 heteroatoms. The standard InChI is InChI=1S/C9H8BrClO/c10-8-3-1-2-6(9(8)11)4-7-5-12-7/h1-3,7H,4-5H2. The summed E-state index contributed by atoms with van der Waals surface area (Å²) >= 11 is 9.45. The smallest absolute Gasteiger partial charge is 0.0850 e. The second kappa shape index (κ2) is 3.36. The van der Waals surface area contributed by atoms with Crippen molar-refractivity contribution in [3.05, 3.63) is 33.3 Å². The van der Waals surface area contributed by atoms with Crippen LogP contribution >= 0.6 is 27.5 Å². The molecule has 12 heavy (non-hydrogen) atoms. The van der Waals surface area contributed by atoms with Crippen LogP contribution in [-0.4, -0.2) is 12.7 Å². The van der Waals surface area contributed by atoms with Crippen molar-refractivity contribution in [1.82, 2.24) is 0 Å². The molecule has 1 fully saturated rings. The first-order valence-electron chi connectivity index (χ1n) is 3.82. The third kappa shape index (κ3) is 1.82. The van der Waals surface area contributed by atoms with Crippen LogP contribution in [0.15, 0.2) is 22.7 Å². The summed E-state index contributed by atoms with van der Waals surface area (Å²) in [5.41, 5.74) is 1.16. The van der Waals surface area contributed by atoms with Gasteiger partial charge in [0.15, 0.2) is 0 Å². The Morgan fingerprint density at radius 2 is 2.33 bits per heavy atom. The van der Waals surface area contributed by atoms with E-state index in [-0.39, 0.29) is 0 Å². The van der Waals surface area contributed by atoms with Gasteiger partial charge < -0.3 is 4.74 Å². The molecule has 1 aromatic carbocycles. The Morgan fingerprint density at radius 3 is 3.00 bits per heavy atom. The molecule has 64 valence electrons. The van der Waals surface area contributed by atoms with E-state index in [0.29, 0.717) is 6.10 Å². The first kappa shape index (κ1) is 8.54. The monoisotopic (exact) mass is 246 g/mol. The molecule has 0 spiro atoms. The first-order chi connectivity index (χ1) is 5.77. The fourth-order valence-corrected chi connectivity index (χ4v) is 1.75. The molecule has 0 amide bonds. The highest BCUT2D eigenvalue weighted by atomic mass is 79.9. The van der Waals surface area contributed by atoms with Gasteiger partial charge in [0.25, 0.3) is 0 Å². The van der Waals surface area contributed by atoms with E-state index in [1.807, 2.05) is 18.2 Å². The Balaban J connectivity index is 2.23. The van der Waals surface area contributed by atoms with Crippen LogP contribution in [0.5, 0.6) is 0 Å². The van der Waals surface area contributed by atoms with Crippen molar-refractivity contribution in [2.75, 3.05) is 6.61 Å². The number of rotatable bonds is 2. The van der Waals surface area contributed by atoms with Crippen LogP contribution in [0, 0.1) is 0 Å². The van der Waals surface area contributed by atoms with E-state index in [1.165, 1.54) is 0 Å². The van der Waals surface area contributed by atoms with Crippen molar-refractivity contribution in [3.8, 4) is 0 Å². The molecule has 0 aliphatic carbocycles. The minimum absolute atomic E-state index is 0.400. The van der Waals surface area contributed by atoms with E-state index < -0.39 is 0 Å². The molecule has 1 atom stereocenters. The fourth-order valence-electron chi connectivity index (χ4n) is 1.14. The molecular formula is C9H8BrClO. The Kier molecular flexibility index (Phi) is 2.40. The molecule has 1 aliphatic heterocycles. The van der Waals surface area contributed by atoms with Gasteiger partial charge in [-0.1, -0.05) is 23.7 Å². The molecule has 0 N–H and O–H groups in total. The van der Waals surface area contributed by atoms with Crippen LogP contribution in [-0.2, 0) is 11.2 Å². The fraction of sp³-hybridized carbons (Fsp3) is 0.333. The van der Waals surface area contributed by atoms with Gasteiger partial charge in [0.05, 0.1) is 17.7 Å². The van der Waals surface area contributed by atoms with Crippen LogP contribution in [0.25, 0.3) is 0 Å². The Bertz CT molecular complexity index is 297. The summed E-state index contributed by atoms with van der Waals surface area (Å²) in [5, 5.41) is 0.813. The van der Waals surface area contributed by atoms with Gasteiger partial charge in [-0.25, -0.2) is 0 Å². The maximum absolute atomic E-state index is 6.06. The van der Waals surface area contributed by atoms with Gasteiger partial charge in [0, 0.05) is 10.9 Å². The van der Waals surface area contributed by atoms with E-state index in [1.54, 1.807) is 0 Å². The van der Waals surface area contributed by atoms with Crippen molar-refractivity contribution in [1.29, 1.82) is 0 Å². The molecule has 1 aliphatic rings. The van der Waals surface area contributed by atoms with E-state index >= 15 is 0 Å². The molecular weight excluding hydrogens is 239 g/mol. The molecule has 0 aromatic heterocycles. The van der Waals surface area contributed by atoms with Crippen LogP contribution in [0.4, 0.5) is 0 Å². The van der Waals surface area contributed by atoms with Crippen molar-refractivity contribution in [3.63, 3.8) is 0 Å². The van der Waals surface area contributed by atoms with Gasteiger partial charge >= 0.3 is 0 Å². The highest BCUT2D eigenvalue weighted by Gasteiger charge is 2.23. The lowest BCUT2D eigenvalue weighted by molar-refractivity contribution is 0.407. The van der Waals surface area contributed by atoms with Crippen LogP contribution in [0.2, 0.25) is 5.02 Å². The number of benzene rings is 1. The lowest BCUT2D eigenvalue weighted by Gasteiger charge is -2.02. The van der Waals surface area contributed by atoms with Crippen molar-refractivity contribution >= 4 is 27.5 Å². The average Bonchev–Trinajstić information content (AvgIpc) is 2.83. The SMILES string of the molecule is Clc1c(Br)cccc1CC1CO1. The van der Waals surface area contributed by atoms with Crippen molar-refractivity contribution in [2.24, 2.45) is 0 Å². The van der Waals surface area contributed by atoms with Gasteiger partial charge in [-0.3, -0.25) is 0 Å². The quantitative estimate of drug-likeness (QED) is 0.732. The largest absolute Gasteiger partial charge is 0.373 e. The first-order valence-corrected chi connectivity index (χ1v) is 4.99. The Labute approximate surface area is 84.8 Å². The predicted molar refractivity (Wildman–Crippen MR) is 52.6 cm³/mol. The second-order valence-electron chi connectivity index (χ2n) is 2.87. The summed E-state index contributed by atoms with van der Waals surface area (Å²) in [4.78, 5) is 0. The number of epoxide rings is 1. The molecule has 0 saturated carbocycles. The highest BCUT2D eigenvalue weighted by Crippen LogP contribution is 2.28. The van der Waals surface area contributed by atoms with Crippen molar-refractivity contribution < 1.29 is 4.74 Å². The van der Waals surface area contributed by atoms with Gasteiger partial charge in [0.1, 0.15) is 0 Å². The molecule has 1 nitrogen and oxygen atoms in total. The third-order valence-electron chi connectivity index (χ3n) is 1.88. The van der Waals surface area contributed by atoms with Gasteiger partial charge in [-0.05, 0) is 27.6 Å². The predicted octanol–water partition coefficient (Wildman–Crippen LogP) is 3.04. The molecule has 1 saturated heterocycles. The van der Waals surface area contributed by atoms with Crippen LogP contribution in [0.3, 0.4) is 0 Å². The normalized spacial score (nSPS) is 21.0. The summed E-state index contributed by atoms with van der Waals surface area (Å²) in [6.45, 7) is 0.878. The molecule has 1 aromatic rings. The topological polar surface area (TPSA) is 12.5 Å². The van der Waals surface area contributed by atoms with Gasteiger partial charge in [0.2, 0.25) is 0 Å². The molecule has 1 heterocycles. The zero-order valence-electron chi connectivity index (χ0n) is 6.39. The summed E-state index contributed by atoms with van der Waals surface area (Å²) in [7, 11) is 0. The van der Waals surface area contributed by atoms with E-state index in [2.05, 4.69) is 15.9 Å². The number of ether oxygens (including phenoxy) is 1. The highest BCUT2D eigenvalue weighted by molar-refractivity contribution is 9.10. The van der Waals surface area contributed by atoms with Crippen LogP contribution < -0.4 is 0 Å². The number of halogens is 2. The zero-order chi connectivity index (χ0) is 8.55. The lowest BCUT2D eigenvalue weighted by atomic mass is 10.1. The maximum Gasteiger partial charge on any atom is 0.0850 e. The van der Waals surface area contributed by atoms with Gasteiger partial charge in [-0.2, -0.15) is 0 Å². The lowest BCUT2D eigenvalue weighted by Crippen LogP contribution is -1.93. The number of hydrogen-bond donors (Lipinski definition) is 0. The van der Waals surface area contributed by atoms with Gasteiger partial charge in [-0.15, -0.1) is 0 Å². The van der Waals surface area contributed by atoms with E-state index in [9.17, 15) is 0 Å². The summed E-state index contributed by atoms with van der Waals surface area (Å²) in [6, 6.07) is 5.97. The summed E-state index contributed by atoms with van der Waals surface area (Å²) < 4.78 is 6.09. The molecule has 0 bridgehead atoms. The minimum Gasteiger partial charge on any atom is -0.373 e. The average molecular weight is 248 g/mol. The summed E-state index contributed by atoms with van der Waals surface area (Å²) in [6.07, 6.45) is 1.33. The Morgan fingerprint density at radius 1 is 1.58 bits per heavy atom. The maximum atomic E-state index is 6.06. The molecule has 2 rings (SSSR count). The van der Waals surface area contributed by atoms with Crippen LogP contribution in [0.1, 0.15) is 5.56 Å².